The summed E-state index contributed by atoms with van der Waals surface area (Å²) in [5.74, 6) is 0. The van der Waals surface area contributed by atoms with Gasteiger partial charge in [0.25, 0.3) is 0 Å². The van der Waals surface area contributed by atoms with Crippen LogP contribution in [0.5, 0.6) is 0 Å². The SMILES string of the molecule is CC(N)Cc1cn(Cc2sccc2Br)c2ncccc12. The fourth-order valence-electron chi connectivity index (χ4n) is 2.42. The van der Waals surface area contributed by atoms with Gasteiger partial charge in [0.2, 0.25) is 0 Å². The minimum Gasteiger partial charge on any atom is -0.328 e. The zero-order valence-electron chi connectivity index (χ0n) is 11.2. The van der Waals surface area contributed by atoms with Crippen molar-refractivity contribution in [2.45, 2.75) is 25.9 Å². The second-order valence-electron chi connectivity index (χ2n) is 5.03. The molecule has 20 heavy (non-hydrogen) atoms. The zero-order valence-corrected chi connectivity index (χ0v) is 13.6. The van der Waals surface area contributed by atoms with Crippen LogP contribution in [0.25, 0.3) is 11.0 Å². The average molecular weight is 350 g/mol. The Morgan fingerprint density at radius 2 is 2.30 bits per heavy atom. The summed E-state index contributed by atoms with van der Waals surface area (Å²) < 4.78 is 3.37. The Hall–Kier alpha value is -1.17. The summed E-state index contributed by atoms with van der Waals surface area (Å²) in [4.78, 5) is 5.84. The van der Waals surface area contributed by atoms with Crippen LogP contribution in [0.2, 0.25) is 0 Å². The van der Waals surface area contributed by atoms with Gasteiger partial charge in [0, 0.05) is 33.2 Å². The van der Waals surface area contributed by atoms with E-state index in [-0.39, 0.29) is 6.04 Å². The molecule has 5 heteroatoms. The third-order valence-corrected chi connectivity index (χ3v) is 5.17. The van der Waals surface area contributed by atoms with Gasteiger partial charge in [0.05, 0.1) is 6.54 Å². The molecule has 1 atom stereocenters. The van der Waals surface area contributed by atoms with E-state index in [4.69, 9.17) is 5.73 Å². The molecule has 2 N–H and O–H groups in total. The largest absolute Gasteiger partial charge is 0.328 e. The number of thiophene rings is 1. The Kier molecular flexibility index (Phi) is 3.92. The standard InChI is InChI=1S/C15H16BrN3S/c1-10(17)7-11-8-19(9-14-13(16)4-6-20-14)15-12(11)3-2-5-18-15/h2-6,8,10H,7,9,17H2,1H3. The molecule has 0 aliphatic carbocycles. The molecule has 3 rings (SSSR count). The normalized spacial score (nSPS) is 12.9. The zero-order chi connectivity index (χ0) is 14.1. The first kappa shape index (κ1) is 13.8. The maximum atomic E-state index is 5.95. The second-order valence-corrected chi connectivity index (χ2v) is 6.88. The Morgan fingerprint density at radius 3 is 3.00 bits per heavy atom. The van der Waals surface area contributed by atoms with Crippen molar-refractivity contribution in [3.8, 4) is 0 Å². The van der Waals surface area contributed by atoms with Gasteiger partial charge in [-0.15, -0.1) is 11.3 Å². The molecule has 3 nitrogen and oxygen atoms in total. The number of pyridine rings is 1. The van der Waals surface area contributed by atoms with Crippen LogP contribution in [0.3, 0.4) is 0 Å². The summed E-state index contributed by atoms with van der Waals surface area (Å²) in [6.45, 7) is 2.88. The van der Waals surface area contributed by atoms with Crippen LogP contribution in [-0.4, -0.2) is 15.6 Å². The number of nitrogens with zero attached hydrogens (tertiary/aromatic N) is 2. The first-order valence-corrected chi connectivity index (χ1v) is 8.22. The smallest absolute Gasteiger partial charge is 0.140 e. The average Bonchev–Trinajstić information content (AvgIpc) is 2.96. The van der Waals surface area contributed by atoms with Crippen molar-refractivity contribution >= 4 is 38.3 Å². The van der Waals surface area contributed by atoms with E-state index < -0.39 is 0 Å². The van der Waals surface area contributed by atoms with Gasteiger partial charge in [-0.25, -0.2) is 4.98 Å². The van der Waals surface area contributed by atoms with Gasteiger partial charge in [-0.1, -0.05) is 0 Å². The number of halogens is 1. The number of nitrogens with two attached hydrogens (primary N) is 1. The Labute approximate surface area is 130 Å². The topological polar surface area (TPSA) is 43.8 Å². The van der Waals surface area contributed by atoms with Crippen molar-refractivity contribution in [1.29, 1.82) is 0 Å². The molecule has 0 amide bonds. The van der Waals surface area contributed by atoms with Crippen molar-refractivity contribution in [3.05, 3.63) is 50.9 Å². The lowest BCUT2D eigenvalue weighted by molar-refractivity contribution is 0.735. The van der Waals surface area contributed by atoms with Crippen LogP contribution in [0.4, 0.5) is 0 Å². The van der Waals surface area contributed by atoms with Crippen LogP contribution in [0.1, 0.15) is 17.4 Å². The van der Waals surface area contributed by atoms with Crippen molar-refractivity contribution in [2.75, 3.05) is 0 Å². The molecule has 0 saturated carbocycles. The fourth-order valence-corrected chi connectivity index (χ4v) is 3.89. The van der Waals surface area contributed by atoms with Crippen molar-refractivity contribution in [2.24, 2.45) is 5.73 Å². The lowest BCUT2D eigenvalue weighted by Crippen LogP contribution is -2.17. The quantitative estimate of drug-likeness (QED) is 0.778. The molecule has 3 heterocycles. The number of hydrogen-bond donors (Lipinski definition) is 1. The van der Waals surface area contributed by atoms with Gasteiger partial charge >= 0.3 is 0 Å². The lowest BCUT2D eigenvalue weighted by Gasteiger charge is -2.03. The Bertz CT molecular complexity index is 730. The molecule has 0 saturated heterocycles. The molecule has 3 aromatic heterocycles. The van der Waals surface area contributed by atoms with E-state index in [0.29, 0.717) is 0 Å². The monoisotopic (exact) mass is 349 g/mol. The molecular formula is C15H16BrN3S. The minimum absolute atomic E-state index is 0.155. The predicted molar refractivity (Wildman–Crippen MR) is 88.2 cm³/mol. The molecule has 0 bridgehead atoms. The maximum Gasteiger partial charge on any atom is 0.140 e. The van der Waals surface area contributed by atoms with E-state index in [0.717, 1.165) is 23.1 Å². The van der Waals surface area contributed by atoms with Gasteiger partial charge in [-0.05, 0) is 58.4 Å². The highest BCUT2D eigenvalue weighted by atomic mass is 79.9. The van der Waals surface area contributed by atoms with Gasteiger partial charge in [-0.3, -0.25) is 0 Å². The van der Waals surface area contributed by atoms with Gasteiger partial charge in [0.1, 0.15) is 5.65 Å². The van der Waals surface area contributed by atoms with E-state index in [1.54, 1.807) is 11.3 Å². The van der Waals surface area contributed by atoms with E-state index in [1.807, 2.05) is 19.2 Å². The van der Waals surface area contributed by atoms with Crippen LogP contribution in [-0.2, 0) is 13.0 Å². The van der Waals surface area contributed by atoms with Crippen LogP contribution >= 0.6 is 27.3 Å². The Balaban J connectivity index is 2.04. The van der Waals surface area contributed by atoms with Gasteiger partial charge in [0.15, 0.2) is 0 Å². The van der Waals surface area contributed by atoms with Gasteiger partial charge < -0.3 is 10.3 Å². The van der Waals surface area contributed by atoms with E-state index in [1.165, 1.54) is 15.8 Å². The summed E-state index contributed by atoms with van der Waals surface area (Å²) in [6, 6.07) is 6.35. The van der Waals surface area contributed by atoms with Crippen LogP contribution in [0.15, 0.2) is 40.4 Å². The van der Waals surface area contributed by atoms with Crippen molar-refractivity contribution < 1.29 is 0 Å². The van der Waals surface area contributed by atoms with Crippen molar-refractivity contribution in [3.63, 3.8) is 0 Å². The first-order valence-electron chi connectivity index (χ1n) is 6.55. The number of fused-ring (bicyclic) bond motifs is 1. The highest BCUT2D eigenvalue weighted by Crippen LogP contribution is 2.27. The molecule has 0 aliphatic rings. The number of rotatable bonds is 4. The van der Waals surface area contributed by atoms with Crippen LogP contribution in [0, 0.1) is 0 Å². The summed E-state index contributed by atoms with van der Waals surface area (Å²) in [5.41, 5.74) is 8.25. The minimum atomic E-state index is 0.155. The number of hydrogen-bond acceptors (Lipinski definition) is 3. The highest BCUT2D eigenvalue weighted by Gasteiger charge is 2.12. The summed E-state index contributed by atoms with van der Waals surface area (Å²) in [7, 11) is 0. The lowest BCUT2D eigenvalue weighted by atomic mass is 10.1. The molecule has 0 fully saturated rings. The summed E-state index contributed by atoms with van der Waals surface area (Å²) in [5, 5.41) is 3.30. The summed E-state index contributed by atoms with van der Waals surface area (Å²) in [6.07, 6.45) is 4.91. The molecule has 104 valence electrons. The van der Waals surface area contributed by atoms with Gasteiger partial charge in [-0.2, -0.15) is 0 Å². The summed E-state index contributed by atoms with van der Waals surface area (Å²) >= 11 is 5.35. The first-order chi connectivity index (χ1) is 9.65. The maximum absolute atomic E-state index is 5.95. The molecule has 0 radical (unpaired) electrons. The van der Waals surface area contributed by atoms with Crippen molar-refractivity contribution in [1.82, 2.24) is 9.55 Å². The van der Waals surface area contributed by atoms with E-state index >= 15 is 0 Å². The molecule has 0 aliphatic heterocycles. The molecule has 1 unspecified atom stereocenters. The van der Waals surface area contributed by atoms with Crippen LogP contribution < -0.4 is 5.73 Å². The second kappa shape index (κ2) is 5.68. The fraction of sp³-hybridized carbons (Fsp3) is 0.267. The highest BCUT2D eigenvalue weighted by molar-refractivity contribution is 9.10. The Morgan fingerprint density at radius 1 is 1.45 bits per heavy atom. The van der Waals surface area contributed by atoms with E-state index in [9.17, 15) is 0 Å². The predicted octanol–water partition coefficient (Wildman–Crippen LogP) is 3.80. The molecule has 3 aromatic rings. The third kappa shape index (κ3) is 2.66. The van der Waals surface area contributed by atoms with E-state index in [2.05, 4.69) is 49.2 Å². The molecule has 0 aromatic carbocycles. The third-order valence-electron chi connectivity index (χ3n) is 3.26. The molecule has 0 spiro atoms. The number of aromatic nitrogens is 2. The molecular weight excluding hydrogens is 334 g/mol.